The fourth-order valence-corrected chi connectivity index (χ4v) is 3.96. The van der Waals surface area contributed by atoms with Gasteiger partial charge in [0.05, 0.1) is 5.69 Å². The van der Waals surface area contributed by atoms with E-state index in [1.165, 1.54) is 17.0 Å². The number of rotatable bonds is 3. The summed E-state index contributed by atoms with van der Waals surface area (Å²) in [4.78, 5) is 31.7. The second-order valence-corrected chi connectivity index (χ2v) is 7.94. The Hall–Kier alpha value is -4.28. The maximum atomic E-state index is 15.1. The van der Waals surface area contributed by atoms with Gasteiger partial charge in [0.15, 0.2) is 11.6 Å². The van der Waals surface area contributed by atoms with Crippen LogP contribution in [0.15, 0.2) is 35.4 Å². The maximum Gasteiger partial charge on any atom is 0.347 e. The number of halogens is 1. The summed E-state index contributed by atoms with van der Waals surface area (Å²) in [7, 11) is 1.58. The molecule has 0 atom stereocenters. The number of nitrogen functional groups attached to an aromatic ring is 1. The molecular formula is C22H21FN8O2. The predicted octanol–water partition coefficient (Wildman–Crippen LogP) is 1.64. The third-order valence-electron chi connectivity index (χ3n) is 5.89. The van der Waals surface area contributed by atoms with Crippen LogP contribution in [0.25, 0.3) is 21.9 Å². The number of aromatic nitrogens is 5. The van der Waals surface area contributed by atoms with Gasteiger partial charge in [-0.3, -0.25) is 14.0 Å². The Morgan fingerprint density at radius 2 is 1.94 bits per heavy atom. The molecule has 0 saturated carbocycles. The van der Waals surface area contributed by atoms with Crippen LogP contribution in [0.4, 0.5) is 21.7 Å². The van der Waals surface area contributed by atoms with Crippen molar-refractivity contribution in [3.63, 3.8) is 0 Å². The molecule has 1 aliphatic heterocycles. The Balaban J connectivity index is 1.55. The van der Waals surface area contributed by atoms with Crippen LogP contribution in [0.1, 0.15) is 11.4 Å². The molecule has 168 valence electrons. The van der Waals surface area contributed by atoms with Crippen LogP contribution in [0, 0.1) is 12.7 Å². The quantitative estimate of drug-likeness (QED) is 0.406. The molecule has 1 aromatic carbocycles. The van der Waals surface area contributed by atoms with Crippen molar-refractivity contribution in [2.75, 3.05) is 17.6 Å². The molecule has 11 heteroatoms. The van der Waals surface area contributed by atoms with E-state index in [1.54, 1.807) is 30.8 Å². The Bertz CT molecular complexity index is 1490. The van der Waals surface area contributed by atoms with Crippen molar-refractivity contribution in [2.45, 2.75) is 19.9 Å². The first-order chi connectivity index (χ1) is 15.8. The van der Waals surface area contributed by atoms with E-state index in [0.717, 1.165) is 5.69 Å². The molecule has 0 bridgehead atoms. The van der Waals surface area contributed by atoms with E-state index in [4.69, 9.17) is 5.73 Å². The van der Waals surface area contributed by atoms with Crippen molar-refractivity contribution in [1.82, 2.24) is 29.6 Å². The number of carbonyl (C=O) groups excluding carboxylic acids is 1. The first kappa shape index (κ1) is 20.6. The fraction of sp³-hybridized carbons (Fsp3) is 0.227. The molecule has 3 aromatic heterocycles. The zero-order chi connectivity index (χ0) is 23.3. The molecule has 0 fully saturated rings. The number of pyridine rings is 1. The number of hydrogen-bond acceptors (Lipinski definition) is 7. The summed E-state index contributed by atoms with van der Waals surface area (Å²) in [6, 6.07) is 5.28. The van der Waals surface area contributed by atoms with Gasteiger partial charge in [-0.05, 0) is 24.4 Å². The van der Waals surface area contributed by atoms with E-state index in [-0.39, 0.29) is 23.7 Å². The van der Waals surface area contributed by atoms with E-state index in [1.807, 2.05) is 6.07 Å². The number of benzene rings is 1. The summed E-state index contributed by atoms with van der Waals surface area (Å²) >= 11 is 0. The first-order valence-electron chi connectivity index (χ1n) is 10.3. The fourth-order valence-electron chi connectivity index (χ4n) is 3.96. The molecule has 10 nitrogen and oxygen atoms in total. The van der Waals surface area contributed by atoms with Crippen molar-refractivity contribution < 1.29 is 9.18 Å². The minimum atomic E-state index is -0.593. The minimum absolute atomic E-state index is 0.0329. The lowest BCUT2D eigenvalue weighted by atomic mass is 10.00. The summed E-state index contributed by atoms with van der Waals surface area (Å²) in [6.45, 7) is 2.44. The van der Waals surface area contributed by atoms with Crippen LogP contribution in [-0.2, 0) is 24.8 Å². The van der Waals surface area contributed by atoms with Crippen molar-refractivity contribution in [2.24, 2.45) is 7.05 Å². The van der Waals surface area contributed by atoms with Crippen LogP contribution in [0.2, 0.25) is 0 Å². The molecule has 1 amide bonds. The standard InChI is InChI=1S/C22H21FN8O2/c1-11-15(8-27-22(33)30(11)2)14-5-12-6-17(26-9-16(12)21(24)20(14)23)28-18-7-13-3-4-25-19(32)10-31(13)29-18/h5-9H,3-4,10,24H2,1-2H3,(H,25,32)(H,26,28,29). The number of hydrogen-bond donors (Lipinski definition) is 3. The van der Waals surface area contributed by atoms with Gasteiger partial charge in [-0.1, -0.05) is 0 Å². The topological polar surface area (TPSA) is 133 Å². The highest BCUT2D eigenvalue weighted by atomic mass is 19.1. The van der Waals surface area contributed by atoms with Crippen molar-refractivity contribution in [1.29, 1.82) is 0 Å². The van der Waals surface area contributed by atoms with Gasteiger partial charge >= 0.3 is 5.69 Å². The van der Waals surface area contributed by atoms with Crippen LogP contribution in [-0.4, -0.2) is 36.8 Å². The van der Waals surface area contributed by atoms with Gasteiger partial charge in [0, 0.05) is 66.4 Å². The number of anilines is 3. The van der Waals surface area contributed by atoms with E-state index < -0.39 is 11.5 Å². The summed E-state index contributed by atoms with van der Waals surface area (Å²) in [6.07, 6.45) is 3.54. The van der Waals surface area contributed by atoms with Gasteiger partial charge in [-0.25, -0.2) is 19.2 Å². The normalized spacial score (nSPS) is 13.5. The molecular weight excluding hydrogens is 427 g/mol. The Labute approximate surface area is 187 Å². The van der Waals surface area contributed by atoms with E-state index in [0.29, 0.717) is 46.6 Å². The lowest BCUT2D eigenvalue weighted by molar-refractivity contribution is -0.121. The van der Waals surface area contributed by atoms with E-state index in [9.17, 15) is 9.59 Å². The third kappa shape index (κ3) is 3.56. The Kier molecular flexibility index (Phi) is 4.81. The summed E-state index contributed by atoms with van der Waals surface area (Å²) in [5.74, 6) is 0.373. The number of nitrogens with one attached hydrogen (secondary N) is 2. The molecule has 0 unspecified atom stereocenters. The van der Waals surface area contributed by atoms with Gasteiger partial charge in [0.1, 0.15) is 12.4 Å². The number of carbonyl (C=O) groups is 1. The van der Waals surface area contributed by atoms with Gasteiger partial charge in [0.2, 0.25) is 5.91 Å². The molecule has 0 saturated heterocycles. The number of fused-ring (bicyclic) bond motifs is 2. The zero-order valence-corrected chi connectivity index (χ0v) is 18.0. The molecule has 4 aromatic rings. The Morgan fingerprint density at radius 1 is 1.12 bits per heavy atom. The largest absolute Gasteiger partial charge is 0.396 e. The summed E-state index contributed by atoms with van der Waals surface area (Å²) < 4.78 is 18.2. The zero-order valence-electron chi connectivity index (χ0n) is 18.0. The van der Waals surface area contributed by atoms with Gasteiger partial charge < -0.3 is 16.4 Å². The molecule has 0 aliphatic carbocycles. The number of nitrogens with zero attached hydrogens (tertiary/aromatic N) is 5. The van der Waals surface area contributed by atoms with E-state index >= 15 is 4.39 Å². The highest BCUT2D eigenvalue weighted by Crippen LogP contribution is 2.34. The van der Waals surface area contributed by atoms with Crippen molar-refractivity contribution in [3.8, 4) is 11.1 Å². The SMILES string of the molecule is Cc1c(-c2cc3cc(Nc4cc5n(n4)CC(=O)NCC5)ncc3c(N)c2F)cnc(=O)n1C. The van der Waals surface area contributed by atoms with Gasteiger partial charge in [0.25, 0.3) is 0 Å². The van der Waals surface area contributed by atoms with Gasteiger partial charge in [-0.2, -0.15) is 5.10 Å². The summed E-state index contributed by atoms with van der Waals surface area (Å²) in [5.41, 5.74) is 7.87. The molecule has 0 spiro atoms. The number of nitrogens with two attached hydrogens (primary N) is 1. The van der Waals surface area contributed by atoms with Crippen molar-refractivity contribution in [3.05, 3.63) is 58.3 Å². The second-order valence-electron chi connectivity index (χ2n) is 7.94. The van der Waals surface area contributed by atoms with Crippen LogP contribution < -0.4 is 22.1 Å². The molecule has 5 rings (SSSR count). The lowest BCUT2D eigenvalue weighted by Gasteiger charge is -2.14. The second kappa shape index (κ2) is 7.69. The monoisotopic (exact) mass is 448 g/mol. The van der Waals surface area contributed by atoms with Gasteiger partial charge in [-0.15, -0.1) is 0 Å². The van der Waals surface area contributed by atoms with Crippen molar-refractivity contribution >= 4 is 34.0 Å². The molecule has 1 aliphatic rings. The predicted molar refractivity (Wildman–Crippen MR) is 122 cm³/mol. The average molecular weight is 448 g/mol. The molecule has 4 N–H and O–H groups in total. The van der Waals surface area contributed by atoms with E-state index in [2.05, 4.69) is 25.7 Å². The average Bonchev–Trinajstić information content (AvgIpc) is 3.06. The maximum absolute atomic E-state index is 15.1. The smallest absolute Gasteiger partial charge is 0.347 e. The highest BCUT2D eigenvalue weighted by Gasteiger charge is 2.18. The molecule has 4 heterocycles. The third-order valence-corrected chi connectivity index (χ3v) is 5.89. The molecule has 33 heavy (non-hydrogen) atoms. The van der Waals surface area contributed by atoms with Crippen LogP contribution >= 0.6 is 0 Å². The molecule has 0 radical (unpaired) electrons. The van der Waals surface area contributed by atoms with Crippen LogP contribution in [0.5, 0.6) is 0 Å². The minimum Gasteiger partial charge on any atom is -0.396 e. The number of amides is 1. The highest BCUT2D eigenvalue weighted by molar-refractivity contribution is 5.98. The lowest BCUT2D eigenvalue weighted by Crippen LogP contribution is -2.25. The Morgan fingerprint density at radius 3 is 2.76 bits per heavy atom. The summed E-state index contributed by atoms with van der Waals surface area (Å²) in [5, 5.41) is 11.5. The first-order valence-corrected chi connectivity index (χ1v) is 10.3. The van der Waals surface area contributed by atoms with Crippen LogP contribution in [0.3, 0.4) is 0 Å².